The van der Waals surface area contributed by atoms with Crippen molar-refractivity contribution in [2.45, 2.75) is 32.2 Å². The largest absolute Gasteiger partial charge is 0.519 e. The van der Waals surface area contributed by atoms with Crippen LogP contribution in [0.2, 0.25) is 5.02 Å². The number of aryl methyl sites for hydroxylation is 2. The average Bonchev–Trinajstić information content (AvgIpc) is 3.79. The molecule has 1 atom stereocenters. The first kappa shape index (κ1) is 26.7. The molecule has 2 N–H and O–H groups in total. The maximum atomic E-state index is 13.5. The number of carboxylic acid groups (broad SMARTS) is 1. The molecular weight excluding hydrogens is 600 g/mol. The maximum absolute atomic E-state index is 13.5. The Hall–Kier alpha value is -5.15. The van der Waals surface area contributed by atoms with Crippen molar-refractivity contribution in [1.82, 2.24) is 39.7 Å². The second-order valence-electron chi connectivity index (χ2n) is 9.79. The fraction of sp³-hybridized carbons (Fsp3) is 0.185. The Morgan fingerprint density at radius 3 is 2.84 bits per heavy atom. The van der Waals surface area contributed by atoms with E-state index in [1.165, 1.54) is 17.1 Å². The first-order chi connectivity index (χ1) is 20.8. The molecule has 1 aliphatic rings. The van der Waals surface area contributed by atoms with Crippen molar-refractivity contribution in [3.63, 3.8) is 0 Å². The summed E-state index contributed by atoms with van der Waals surface area (Å²) in [6.45, 7) is 1.58. The summed E-state index contributed by atoms with van der Waals surface area (Å²) < 4.78 is 13.2. The van der Waals surface area contributed by atoms with Crippen LogP contribution in [0.4, 0.5) is 0 Å². The van der Waals surface area contributed by atoms with E-state index in [1.807, 2.05) is 0 Å². The third-order valence-electron chi connectivity index (χ3n) is 7.27. The molecule has 1 aliphatic heterocycles. The van der Waals surface area contributed by atoms with Crippen LogP contribution in [0.3, 0.4) is 0 Å². The third-order valence-corrected chi connectivity index (χ3v) is 8.52. The van der Waals surface area contributed by atoms with Gasteiger partial charge in [-0.25, -0.2) is 19.6 Å². The number of rotatable bonds is 7. The number of aromatic nitrogens is 8. The van der Waals surface area contributed by atoms with Crippen LogP contribution in [0.5, 0.6) is 0 Å². The number of carbonyl (C=O) groups is 1. The zero-order valence-electron chi connectivity index (χ0n) is 22.1. The van der Waals surface area contributed by atoms with Crippen molar-refractivity contribution in [3.05, 3.63) is 102 Å². The number of benzene rings is 1. The standard InChI is InChI=1S/C27H19ClN8O6S/c1-12-21(42-27(40)41-12)7-14-16(10-43-24(14)26(38)39)18-9-29-25(32-18)20-4-5-22-31-17(8-23(37)36(20)22)15-6-13(28)2-3-19(15)35-11-30-33-34-35/h2-3,6,8-11,20H,4-5,7H2,1H3,(H,29,32)(H,38,39)/t20-/m0/s1. The van der Waals surface area contributed by atoms with Crippen LogP contribution in [-0.4, -0.2) is 50.8 Å². The van der Waals surface area contributed by atoms with Gasteiger partial charge in [-0.05, 0) is 47.5 Å². The van der Waals surface area contributed by atoms with Gasteiger partial charge in [-0.3, -0.25) is 9.36 Å². The molecule has 0 amide bonds. The number of H-pyrrole nitrogens is 1. The monoisotopic (exact) mass is 618 g/mol. The minimum Gasteiger partial charge on any atom is -0.477 e. The van der Waals surface area contributed by atoms with Crippen LogP contribution in [0, 0.1) is 6.92 Å². The number of halogens is 1. The molecule has 0 fully saturated rings. The molecule has 14 nitrogen and oxygen atoms in total. The Balaban J connectivity index is 1.24. The van der Waals surface area contributed by atoms with Crippen molar-refractivity contribution in [3.8, 4) is 28.2 Å². The zero-order valence-corrected chi connectivity index (χ0v) is 23.7. The maximum Gasteiger partial charge on any atom is 0.519 e. The Bertz CT molecular complexity index is 2140. The van der Waals surface area contributed by atoms with E-state index in [4.69, 9.17) is 25.4 Å². The minimum absolute atomic E-state index is 0.0426. The van der Waals surface area contributed by atoms with E-state index >= 15 is 0 Å². The molecule has 0 unspecified atom stereocenters. The highest BCUT2D eigenvalue weighted by atomic mass is 35.5. The number of imidazole rings is 1. The van der Waals surface area contributed by atoms with Crippen molar-refractivity contribution >= 4 is 28.9 Å². The highest BCUT2D eigenvalue weighted by Crippen LogP contribution is 2.36. The van der Waals surface area contributed by atoms with Crippen molar-refractivity contribution in [2.75, 3.05) is 0 Å². The number of nitrogens with one attached hydrogen (secondary N) is 1. The van der Waals surface area contributed by atoms with Gasteiger partial charge in [-0.15, -0.1) is 16.4 Å². The van der Waals surface area contributed by atoms with Crippen molar-refractivity contribution in [2.24, 2.45) is 0 Å². The Morgan fingerprint density at radius 1 is 1.23 bits per heavy atom. The second kappa shape index (κ2) is 10.3. The SMILES string of the molecule is Cc1oc(=O)oc1Cc1c(-c2cnc([C@@H]3CCc4nc(-c5cc(Cl)ccc5-n5cnnn5)cc(=O)n43)[nH]2)csc1C(=O)O. The summed E-state index contributed by atoms with van der Waals surface area (Å²) in [6, 6.07) is 6.21. The summed E-state index contributed by atoms with van der Waals surface area (Å²) >= 11 is 7.34. The number of hydrogen-bond donors (Lipinski definition) is 2. The van der Waals surface area contributed by atoms with Gasteiger partial charge in [0.15, 0.2) is 5.76 Å². The summed E-state index contributed by atoms with van der Waals surface area (Å²) in [7, 11) is 0. The topological polar surface area (TPSA) is 188 Å². The highest BCUT2D eigenvalue weighted by molar-refractivity contribution is 7.12. The van der Waals surface area contributed by atoms with E-state index in [-0.39, 0.29) is 28.4 Å². The van der Waals surface area contributed by atoms with Gasteiger partial charge in [0.25, 0.3) is 5.56 Å². The number of hydrogen-bond acceptors (Lipinski definition) is 11. The first-order valence-electron chi connectivity index (χ1n) is 12.9. The molecule has 0 saturated carbocycles. The van der Waals surface area contributed by atoms with Gasteiger partial charge in [-0.2, -0.15) is 4.68 Å². The Kier molecular flexibility index (Phi) is 6.40. The number of carboxylic acids is 1. The fourth-order valence-electron chi connectivity index (χ4n) is 5.33. The number of nitrogens with zero attached hydrogens (tertiary/aromatic N) is 7. The lowest BCUT2D eigenvalue weighted by Crippen LogP contribution is -2.25. The van der Waals surface area contributed by atoms with E-state index in [9.17, 15) is 19.5 Å². The van der Waals surface area contributed by atoms with Crippen molar-refractivity contribution < 1.29 is 18.7 Å². The molecule has 6 aromatic rings. The van der Waals surface area contributed by atoms with Gasteiger partial charge in [0.1, 0.15) is 28.6 Å². The molecule has 0 saturated heterocycles. The molecule has 7 rings (SSSR count). The molecule has 43 heavy (non-hydrogen) atoms. The van der Waals surface area contributed by atoms with Crippen LogP contribution in [0.15, 0.2) is 60.6 Å². The zero-order chi connectivity index (χ0) is 29.8. The predicted octanol–water partition coefficient (Wildman–Crippen LogP) is 3.67. The van der Waals surface area contributed by atoms with Gasteiger partial charge < -0.3 is 18.9 Å². The van der Waals surface area contributed by atoms with Crippen LogP contribution in [-0.2, 0) is 12.8 Å². The first-order valence-corrected chi connectivity index (χ1v) is 14.2. The molecule has 0 aliphatic carbocycles. The van der Waals surface area contributed by atoms with Gasteiger partial charge in [0.05, 0.1) is 29.3 Å². The molecule has 0 bridgehead atoms. The normalized spacial score (nSPS) is 14.3. The number of fused-ring (bicyclic) bond motifs is 1. The minimum atomic E-state index is -1.10. The number of aromatic amines is 1. The molecule has 1 aromatic carbocycles. The smallest absolute Gasteiger partial charge is 0.477 e. The summed E-state index contributed by atoms with van der Waals surface area (Å²) in [5.41, 5.74) is 3.01. The summed E-state index contributed by atoms with van der Waals surface area (Å²) in [5.74, 6) is -0.316. The lowest BCUT2D eigenvalue weighted by atomic mass is 10.0. The number of thiophene rings is 1. The quantitative estimate of drug-likeness (QED) is 0.266. The summed E-state index contributed by atoms with van der Waals surface area (Å²) in [4.78, 5) is 49.8. The highest BCUT2D eigenvalue weighted by Gasteiger charge is 2.30. The van der Waals surface area contributed by atoms with E-state index in [0.717, 1.165) is 11.3 Å². The van der Waals surface area contributed by atoms with Crippen molar-refractivity contribution in [1.29, 1.82) is 0 Å². The second-order valence-corrected chi connectivity index (χ2v) is 11.1. The van der Waals surface area contributed by atoms with Gasteiger partial charge >= 0.3 is 11.8 Å². The summed E-state index contributed by atoms with van der Waals surface area (Å²) in [6.07, 6.45) is 4.18. The predicted molar refractivity (Wildman–Crippen MR) is 152 cm³/mol. The van der Waals surface area contributed by atoms with E-state index in [0.29, 0.717) is 63.3 Å². The van der Waals surface area contributed by atoms with Crippen LogP contribution in [0.1, 0.15) is 50.9 Å². The van der Waals surface area contributed by atoms with Gasteiger partial charge in [-0.1, -0.05) is 11.6 Å². The van der Waals surface area contributed by atoms with Crippen LogP contribution in [0.25, 0.3) is 28.2 Å². The number of tetrazole rings is 1. The summed E-state index contributed by atoms with van der Waals surface area (Å²) in [5, 5.41) is 23.3. The molecule has 6 heterocycles. The Morgan fingerprint density at radius 2 is 2.09 bits per heavy atom. The molecule has 0 radical (unpaired) electrons. The molecule has 0 spiro atoms. The molecule has 16 heteroatoms. The fourth-order valence-corrected chi connectivity index (χ4v) is 6.43. The van der Waals surface area contributed by atoms with E-state index in [2.05, 4.69) is 25.5 Å². The van der Waals surface area contributed by atoms with Crippen LogP contribution < -0.4 is 11.4 Å². The average molecular weight is 619 g/mol. The lowest BCUT2D eigenvalue weighted by Gasteiger charge is -2.14. The van der Waals surface area contributed by atoms with Gasteiger partial charge in [0.2, 0.25) is 0 Å². The number of aromatic carboxylic acids is 1. The molecule has 5 aromatic heterocycles. The van der Waals surface area contributed by atoms with Crippen LogP contribution >= 0.6 is 22.9 Å². The Labute approximate surface area is 249 Å². The lowest BCUT2D eigenvalue weighted by molar-refractivity contribution is 0.0701. The molecular formula is C27H19ClN8O6S. The van der Waals surface area contributed by atoms with E-state index < -0.39 is 17.8 Å². The van der Waals surface area contributed by atoms with E-state index in [1.54, 1.807) is 41.3 Å². The van der Waals surface area contributed by atoms with Gasteiger partial charge in [0, 0.05) is 40.4 Å². The third kappa shape index (κ3) is 4.67. The molecule has 216 valence electrons.